The monoisotopic (exact) mass is 408 g/mol. The van der Waals surface area contributed by atoms with Crippen LogP contribution in [0.3, 0.4) is 0 Å². The van der Waals surface area contributed by atoms with Gasteiger partial charge in [0.15, 0.2) is 0 Å². The summed E-state index contributed by atoms with van der Waals surface area (Å²) in [5.41, 5.74) is 1.91. The summed E-state index contributed by atoms with van der Waals surface area (Å²) in [6.45, 7) is 0. The third-order valence-electron chi connectivity index (χ3n) is 4.19. The molecule has 2 N–H and O–H groups in total. The predicted molar refractivity (Wildman–Crippen MR) is 111 cm³/mol. The number of carbonyl (C=O) groups excluding carboxylic acids is 1. The van der Waals surface area contributed by atoms with Crippen molar-refractivity contribution >= 4 is 51.4 Å². The number of benzene rings is 2. The van der Waals surface area contributed by atoms with Crippen LogP contribution in [-0.4, -0.2) is 22.0 Å². The first-order chi connectivity index (χ1) is 13.5. The Balaban J connectivity index is 1.68. The van der Waals surface area contributed by atoms with E-state index in [0.717, 1.165) is 10.9 Å². The van der Waals surface area contributed by atoms with Gasteiger partial charge in [-0.1, -0.05) is 48.0 Å². The van der Waals surface area contributed by atoms with Gasteiger partial charge in [-0.25, -0.2) is 9.78 Å². The van der Waals surface area contributed by atoms with Crippen LogP contribution in [0.1, 0.15) is 20.8 Å². The normalized spacial score (nSPS) is 10.8. The molecule has 0 aliphatic rings. The molecule has 1 amide bonds. The molecule has 5 nitrogen and oxygen atoms in total. The number of nitrogens with one attached hydrogen (secondary N) is 1. The predicted octanol–water partition coefficient (Wildman–Crippen LogP) is 5.57. The number of hydrogen-bond donors (Lipinski definition) is 2. The van der Waals surface area contributed by atoms with Crippen LogP contribution < -0.4 is 5.32 Å². The number of carboxylic acid groups (broad SMARTS) is 1. The van der Waals surface area contributed by atoms with Crippen LogP contribution in [0.25, 0.3) is 21.3 Å². The lowest BCUT2D eigenvalue weighted by Gasteiger charge is -2.07. The van der Waals surface area contributed by atoms with Crippen molar-refractivity contribution in [2.75, 3.05) is 5.32 Å². The van der Waals surface area contributed by atoms with E-state index in [2.05, 4.69) is 10.3 Å². The van der Waals surface area contributed by atoms with Gasteiger partial charge in [-0.15, -0.1) is 11.3 Å². The minimum atomic E-state index is -1.12. The lowest BCUT2D eigenvalue weighted by atomic mass is 10.1. The van der Waals surface area contributed by atoms with Gasteiger partial charge >= 0.3 is 5.97 Å². The molecule has 0 aliphatic heterocycles. The van der Waals surface area contributed by atoms with Crippen LogP contribution in [0.2, 0.25) is 5.02 Å². The van der Waals surface area contributed by atoms with Gasteiger partial charge in [0.25, 0.3) is 5.91 Å². The van der Waals surface area contributed by atoms with Crippen molar-refractivity contribution in [1.29, 1.82) is 0 Å². The Morgan fingerprint density at radius 1 is 1.00 bits per heavy atom. The van der Waals surface area contributed by atoms with Crippen molar-refractivity contribution in [3.63, 3.8) is 0 Å². The Hall–Kier alpha value is -3.22. The summed E-state index contributed by atoms with van der Waals surface area (Å²) in [6, 6.07) is 17.8. The molecule has 28 heavy (non-hydrogen) atoms. The maximum absolute atomic E-state index is 12.6. The minimum absolute atomic E-state index is 0.0430. The number of halogens is 1. The number of hydrogen-bond acceptors (Lipinski definition) is 4. The average molecular weight is 409 g/mol. The molecule has 2 heterocycles. The van der Waals surface area contributed by atoms with Crippen LogP contribution in [-0.2, 0) is 0 Å². The number of amides is 1. The lowest BCUT2D eigenvalue weighted by molar-refractivity contribution is 0.0699. The van der Waals surface area contributed by atoms with Gasteiger partial charge in [0.05, 0.1) is 16.1 Å². The number of para-hydroxylation sites is 1. The van der Waals surface area contributed by atoms with Gasteiger partial charge in [-0.3, -0.25) is 4.79 Å². The Morgan fingerprint density at radius 3 is 2.50 bits per heavy atom. The minimum Gasteiger partial charge on any atom is -0.478 e. The molecular formula is C21H13ClN2O3S. The SMILES string of the molecule is O=C(Nc1csc(-c2ccc(Cl)cc2)c1C(=O)O)c1ccc2ccccc2n1. The molecule has 4 rings (SSSR count). The topological polar surface area (TPSA) is 79.3 Å². The summed E-state index contributed by atoms with van der Waals surface area (Å²) >= 11 is 7.15. The number of thiophene rings is 1. The largest absolute Gasteiger partial charge is 0.478 e. The summed E-state index contributed by atoms with van der Waals surface area (Å²) < 4.78 is 0. The fraction of sp³-hybridized carbons (Fsp3) is 0. The molecule has 0 atom stereocenters. The van der Waals surface area contributed by atoms with Gasteiger partial charge in [0.1, 0.15) is 11.3 Å². The average Bonchev–Trinajstić information content (AvgIpc) is 3.12. The second kappa shape index (κ2) is 7.42. The van der Waals surface area contributed by atoms with Crippen molar-refractivity contribution in [2.45, 2.75) is 0 Å². The summed E-state index contributed by atoms with van der Waals surface area (Å²) in [5, 5.41) is 15.5. The summed E-state index contributed by atoms with van der Waals surface area (Å²) in [5.74, 6) is -1.58. The van der Waals surface area contributed by atoms with E-state index in [9.17, 15) is 14.7 Å². The molecule has 0 fully saturated rings. The lowest BCUT2D eigenvalue weighted by Crippen LogP contribution is -2.15. The number of pyridine rings is 1. The number of carbonyl (C=O) groups is 2. The van der Waals surface area contributed by atoms with Crippen LogP contribution in [0.5, 0.6) is 0 Å². The highest BCUT2D eigenvalue weighted by Gasteiger charge is 2.22. The Morgan fingerprint density at radius 2 is 1.75 bits per heavy atom. The van der Waals surface area contributed by atoms with E-state index in [-0.39, 0.29) is 16.9 Å². The molecular weight excluding hydrogens is 396 g/mol. The van der Waals surface area contributed by atoms with Crippen molar-refractivity contribution < 1.29 is 14.7 Å². The highest BCUT2D eigenvalue weighted by Crippen LogP contribution is 2.36. The highest BCUT2D eigenvalue weighted by molar-refractivity contribution is 7.14. The van der Waals surface area contributed by atoms with Crippen LogP contribution in [0.15, 0.2) is 66.0 Å². The third kappa shape index (κ3) is 3.47. The zero-order valence-electron chi connectivity index (χ0n) is 14.3. The molecule has 0 aliphatic carbocycles. The maximum atomic E-state index is 12.6. The second-order valence-electron chi connectivity index (χ2n) is 6.01. The standard InChI is InChI=1S/C21H13ClN2O3S/c22-14-8-5-13(6-9-14)19-18(21(26)27)17(11-28-19)24-20(25)16-10-7-12-3-1-2-4-15(12)23-16/h1-11H,(H,24,25)(H,26,27). The number of nitrogens with zero attached hydrogens (tertiary/aromatic N) is 1. The smallest absolute Gasteiger partial charge is 0.339 e. The van der Waals surface area contributed by atoms with Crippen molar-refractivity contribution in [3.05, 3.63) is 82.3 Å². The van der Waals surface area contributed by atoms with Gasteiger partial charge in [-0.05, 0) is 29.8 Å². The number of aromatic carboxylic acids is 1. The quantitative estimate of drug-likeness (QED) is 0.462. The van der Waals surface area contributed by atoms with Gasteiger partial charge in [0, 0.05) is 15.8 Å². The number of aromatic nitrogens is 1. The van der Waals surface area contributed by atoms with E-state index in [4.69, 9.17) is 11.6 Å². The molecule has 2 aromatic carbocycles. The van der Waals surface area contributed by atoms with Crippen LogP contribution in [0.4, 0.5) is 5.69 Å². The Bertz CT molecular complexity index is 1200. The fourth-order valence-corrected chi connectivity index (χ4v) is 3.98. The number of rotatable bonds is 4. The molecule has 0 saturated carbocycles. The summed E-state index contributed by atoms with van der Waals surface area (Å²) in [4.78, 5) is 29.4. The number of anilines is 1. The van der Waals surface area contributed by atoms with E-state index >= 15 is 0 Å². The van der Waals surface area contributed by atoms with Gasteiger partial charge < -0.3 is 10.4 Å². The van der Waals surface area contributed by atoms with Crippen molar-refractivity contribution in [3.8, 4) is 10.4 Å². The Labute approximate surface area is 169 Å². The molecule has 138 valence electrons. The molecule has 0 bridgehead atoms. The molecule has 7 heteroatoms. The first-order valence-electron chi connectivity index (χ1n) is 8.31. The van der Waals surface area contributed by atoms with E-state index < -0.39 is 11.9 Å². The zero-order valence-corrected chi connectivity index (χ0v) is 15.9. The van der Waals surface area contributed by atoms with Crippen molar-refractivity contribution in [2.24, 2.45) is 0 Å². The first-order valence-corrected chi connectivity index (χ1v) is 9.56. The third-order valence-corrected chi connectivity index (χ3v) is 5.47. The van der Waals surface area contributed by atoms with E-state index in [1.165, 1.54) is 11.3 Å². The molecule has 0 unspecified atom stereocenters. The van der Waals surface area contributed by atoms with E-state index in [1.54, 1.807) is 35.7 Å². The van der Waals surface area contributed by atoms with Gasteiger partial charge in [-0.2, -0.15) is 0 Å². The molecule has 2 aromatic heterocycles. The number of fused-ring (bicyclic) bond motifs is 1. The molecule has 0 radical (unpaired) electrons. The van der Waals surface area contributed by atoms with E-state index in [1.807, 2.05) is 30.3 Å². The highest BCUT2D eigenvalue weighted by atomic mass is 35.5. The first kappa shape index (κ1) is 18.2. The second-order valence-corrected chi connectivity index (χ2v) is 7.32. The van der Waals surface area contributed by atoms with Crippen molar-refractivity contribution in [1.82, 2.24) is 4.98 Å². The van der Waals surface area contributed by atoms with E-state index in [0.29, 0.717) is 15.4 Å². The maximum Gasteiger partial charge on any atom is 0.339 e. The summed E-state index contributed by atoms with van der Waals surface area (Å²) in [6.07, 6.45) is 0. The Kier molecular flexibility index (Phi) is 4.81. The molecule has 0 spiro atoms. The molecule has 0 saturated heterocycles. The van der Waals surface area contributed by atoms with Gasteiger partial charge in [0.2, 0.25) is 0 Å². The summed E-state index contributed by atoms with van der Waals surface area (Å²) in [7, 11) is 0. The zero-order chi connectivity index (χ0) is 19.7. The van der Waals surface area contributed by atoms with Crippen LogP contribution in [0, 0.1) is 0 Å². The van der Waals surface area contributed by atoms with Crippen LogP contribution >= 0.6 is 22.9 Å². The molecule has 4 aromatic rings. The fourth-order valence-electron chi connectivity index (χ4n) is 2.85. The number of carboxylic acids is 1.